The zero-order valence-electron chi connectivity index (χ0n) is 18.4. The van der Waals surface area contributed by atoms with Crippen LogP contribution >= 0.6 is 12.2 Å². The Morgan fingerprint density at radius 1 is 1.26 bits per heavy atom. The molecule has 0 fully saturated rings. The second-order valence-electron chi connectivity index (χ2n) is 7.27. The summed E-state index contributed by atoms with van der Waals surface area (Å²) < 4.78 is 24.1. The number of hydrogen-bond acceptors (Lipinski definition) is 4. The van der Waals surface area contributed by atoms with Gasteiger partial charge in [-0.3, -0.25) is 4.79 Å². The lowest BCUT2D eigenvalue weighted by atomic mass is 9.91. The van der Waals surface area contributed by atoms with E-state index in [-0.39, 0.29) is 24.4 Å². The molecule has 5 nitrogen and oxygen atoms in total. The third kappa shape index (κ3) is 7.36. The van der Waals surface area contributed by atoms with Crippen LogP contribution in [-0.2, 0) is 9.53 Å². The Morgan fingerprint density at radius 3 is 2.68 bits per heavy atom. The summed E-state index contributed by atoms with van der Waals surface area (Å²) in [6.45, 7) is 10.3. The normalized spacial score (nSPS) is 11.4. The van der Waals surface area contributed by atoms with Crippen molar-refractivity contribution in [3.63, 3.8) is 0 Å². The van der Waals surface area contributed by atoms with E-state index in [0.717, 1.165) is 22.3 Å². The summed E-state index contributed by atoms with van der Waals surface area (Å²) >= 11 is 5.44. The highest BCUT2D eigenvalue weighted by molar-refractivity contribution is 7.80. The SMILES string of the molecule is C=C(CC(NC(=S)NCCOC(C)=O)c1cccc(C)c1C)c1cc(F)cc(OC)c1. The Kier molecular flexibility index (Phi) is 9.00. The van der Waals surface area contributed by atoms with Crippen molar-refractivity contribution in [3.05, 3.63) is 71.0 Å². The number of nitrogens with one attached hydrogen (secondary N) is 2. The maximum absolute atomic E-state index is 14.0. The van der Waals surface area contributed by atoms with Crippen molar-refractivity contribution in [1.82, 2.24) is 10.6 Å². The monoisotopic (exact) mass is 444 g/mol. The zero-order chi connectivity index (χ0) is 23.0. The van der Waals surface area contributed by atoms with Crippen LogP contribution in [0.2, 0.25) is 0 Å². The van der Waals surface area contributed by atoms with Crippen LogP contribution in [0.15, 0.2) is 43.0 Å². The van der Waals surface area contributed by atoms with E-state index >= 15 is 0 Å². The van der Waals surface area contributed by atoms with Crippen LogP contribution in [0, 0.1) is 19.7 Å². The number of carbonyl (C=O) groups excluding carboxylic acids is 1. The van der Waals surface area contributed by atoms with Crippen molar-refractivity contribution in [2.24, 2.45) is 0 Å². The van der Waals surface area contributed by atoms with Gasteiger partial charge in [0.2, 0.25) is 0 Å². The highest BCUT2D eigenvalue weighted by Gasteiger charge is 2.18. The van der Waals surface area contributed by atoms with Gasteiger partial charge in [-0.2, -0.15) is 0 Å². The summed E-state index contributed by atoms with van der Waals surface area (Å²) in [5.41, 5.74) is 4.80. The second kappa shape index (κ2) is 11.5. The first-order valence-corrected chi connectivity index (χ1v) is 10.4. The van der Waals surface area contributed by atoms with Crippen molar-refractivity contribution in [3.8, 4) is 5.75 Å². The van der Waals surface area contributed by atoms with E-state index in [1.54, 1.807) is 6.07 Å². The molecule has 2 aromatic rings. The number of benzene rings is 2. The average molecular weight is 445 g/mol. The van der Waals surface area contributed by atoms with Crippen molar-refractivity contribution in [2.45, 2.75) is 33.2 Å². The second-order valence-corrected chi connectivity index (χ2v) is 7.68. The Morgan fingerprint density at radius 2 is 2.00 bits per heavy atom. The Hall–Kier alpha value is -2.93. The molecular formula is C24H29FN2O3S. The van der Waals surface area contributed by atoms with Crippen molar-refractivity contribution in [2.75, 3.05) is 20.3 Å². The van der Waals surface area contributed by atoms with Gasteiger partial charge in [-0.25, -0.2) is 4.39 Å². The van der Waals surface area contributed by atoms with Crippen molar-refractivity contribution in [1.29, 1.82) is 0 Å². The van der Waals surface area contributed by atoms with Crippen molar-refractivity contribution >= 4 is 28.9 Å². The first-order valence-electron chi connectivity index (χ1n) is 9.97. The minimum Gasteiger partial charge on any atom is -0.497 e. The van der Waals surface area contributed by atoms with Crippen LogP contribution in [-0.4, -0.2) is 31.3 Å². The van der Waals surface area contributed by atoms with Gasteiger partial charge in [-0.1, -0.05) is 24.8 Å². The fraction of sp³-hybridized carbons (Fsp3) is 0.333. The number of ether oxygens (including phenoxy) is 2. The average Bonchev–Trinajstić information content (AvgIpc) is 2.72. The van der Waals surface area contributed by atoms with Crippen LogP contribution in [0.25, 0.3) is 5.57 Å². The maximum Gasteiger partial charge on any atom is 0.302 e. The van der Waals surface area contributed by atoms with Crippen molar-refractivity contribution < 1.29 is 18.7 Å². The fourth-order valence-electron chi connectivity index (χ4n) is 3.21. The van der Waals surface area contributed by atoms with Gasteiger partial charge in [-0.15, -0.1) is 0 Å². The third-order valence-electron chi connectivity index (χ3n) is 4.99. The van der Waals surface area contributed by atoms with E-state index in [9.17, 15) is 9.18 Å². The number of methoxy groups -OCH3 is 1. The summed E-state index contributed by atoms with van der Waals surface area (Å²) in [5.74, 6) is -0.278. The number of hydrogen-bond donors (Lipinski definition) is 2. The zero-order valence-corrected chi connectivity index (χ0v) is 19.2. The molecule has 1 unspecified atom stereocenters. The maximum atomic E-state index is 14.0. The van der Waals surface area contributed by atoms with E-state index in [0.29, 0.717) is 29.4 Å². The molecule has 0 aliphatic carbocycles. The molecule has 2 N–H and O–H groups in total. The number of aryl methyl sites for hydroxylation is 1. The van der Waals surface area contributed by atoms with Gasteiger partial charge in [-0.05, 0) is 72.4 Å². The molecule has 1 atom stereocenters. The molecule has 0 bridgehead atoms. The quantitative estimate of drug-likeness (QED) is 0.334. The largest absolute Gasteiger partial charge is 0.497 e. The third-order valence-corrected chi connectivity index (χ3v) is 5.25. The van der Waals surface area contributed by atoms with Gasteiger partial charge in [0.05, 0.1) is 19.7 Å². The molecule has 2 rings (SSSR count). The van der Waals surface area contributed by atoms with E-state index in [4.69, 9.17) is 21.7 Å². The summed E-state index contributed by atoms with van der Waals surface area (Å²) in [5, 5.41) is 6.81. The van der Waals surface area contributed by atoms with Crippen LogP contribution in [0.4, 0.5) is 4.39 Å². The van der Waals surface area contributed by atoms with Crippen LogP contribution < -0.4 is 15.4 Å². The van der Waals surface area contributed by atoms with E-state index < -0.39 is 0 Å². The van der Waals surface area contributed by atoms with Gasteiger partial charge in [0.15, 0.2) is 5.11 Å². The first kappa shape index (κ1) is 24.3. The topological polar surface area (TPSA) is 59.6 Å². The summed E-state index contributed by atoms with van der Waals surface area (Å²) in [6.07, 6.45) is 0.503. The molecule has 0 aliphatic heterocycles. The first-order chi connectivity index (χ1) is 14.7. The molecule has 0 aromatic heterocycles. The summed E-state index contributed by atoms with van der Waals surface area (Å²) in [6, 6.07) is 10.5. The van der Waals surface area contributed by atoms with E-state index in [1.165, 1.54) is 26.2 Å². The molecule has 7 heteroatoms. The van der Waals surface area contributed by atoms with Gasteiger partial charge in [0.1, 0.15) is 18.2 Å². The Balaban J connectivity index is 2.21. The van der Waals surface area contributed by atoms with Gasteiger partial charge >= 0.3 is 5.97 Å². The number of esters is 1. The minimum absolute atomic E-state index is 0.185. The molecule has 166 valence electrons. The summed E-state index contributed by atoms with van der Waals surface area (Å²) in [7, 11) is 1.50. The molecule has 0 heterocycles. The Labute approximate surface area is 188 Å². The predicted octanol–water partition coefficient (Wildman–Crippen LogP) is 4.62. The smallest absolute Gasteiger partial charge is 0.302 e. The molecule has 0 saturated heterocycles. The summed E-state index contributed by atoms with van der Waals surface area (Å²) in [4.78, 5) is 10.9. The molecule has 0 amide bonds. The molecule has 0 spiro atoms. The number of carbonyl (C=O) groups is 1. The lowest BCUT2D eigenvalue weighted by Crippen LogP contribution is -2.39. The standard InChI is InChI=1S/C24H29FN2O3S/c1-15-7-6-8-22(17(15)3)23(27-24(31)26-9-10-30-18(4)28)11-16(2)19-12-20(25)14-21(13-19)29-5/h6-8,12-14,23H,2,9-11H2,1,3-5H3,(H2,26,27,31). The number of halogens is 1. The van der Waals surface area contributed by atoms with E-state index in [1.807, 2.05) is 12.1 Å². The molecule has 0 aliphatic rings. The minimum atomic E-state index is -0.380. The molecule has 31 heavy (non-hydrogen) atoms. The highest BCUT2D eigenvalue weighted by atomic mass is 32.1. The Bertz CT molecular complexity index is 962. The van der Waals surface area contributed by atoms with Gasteiger partial charge < -0.3 is 20.1 Å². The van der Waals surface area contributed by atoms with Gasteiger partial charge in [0, 0.05) is 13.0 Å². The molecule has 0 saturated carbocycles. The van der Waals surface area contributed by atoms with Crippen LogP contribution in [0.3, 0.4) is 0 Å². The lowest BCUT2D eigenvalue weighted by molar-refractivity contribution is -0.140. The number of thiocarbonyl (C=S) groups is 1. The molecule has 2 aromatic carbocycles. The predicted molar refractivity (Wildman–Crippen MR) is 126 cm³/mol. The fourth-order valence-corrected chi connectivity index (χ4v) is 3.45. The lowest BCUT2D eigenvalue weighted by Gasteiger charge is -2.25. The number of rotatable bonds is 9. The molecule has 0 radical (unpaired) electrons. The van der Waals surface area contributed by atoms with Gasteiger partial charge in [0.25, 0.3) is 0 Å². The van der Waals surface area contributed by atoms with Crippen LogP contribution in [0.1, 0.15) is 41.6 Å². The van der Waals surface area contributed by atoms with E-state index in [2.05, 4.69) is 37.1 Å². The highest BCUT2D eigenvalue weighted by Crippen LogP contribution is 2.31. The van der Waals surface area contributed by atoms with Crippen LogP contribution in [0.5, 0.6) is 5.75 Å². The molecular weight excluding hydrogens is 415 g/mol.